The summed E-state index contributed by atoms with van der Waals surface area (Å²) >= 11 is 0. The van der Waals surface area contributed by atoms with Crippen molar-refractivity contribution in [2.75, 3.05) is 0 Å². The molecule has 0 amide bonds. The fraction of sp³-hybridized carbons (Fsp3) is 0.417. The Hall–Kier alpha value is -1.45. The molecule has 0 fully saturated rings. The molecule has 1 aromatic carbocycles. The number of rotatable bonds is 4. The van der Waals surface area contributed by atoms with Crippen molar-refractivity contribution in [2.24, 2.45) is 5.41 Å². The zero-order valence-corrected chi connectivity index (χ0v) is 9.26. The van der Waals surface area contributed by atoms with Crippen LogP contribution in [0.15, 0.2) is 18.2 Å². The topological polar surface area (TPSA) is 37.3 Å². The van der Waals surface area contributed by atoms with Crippen molar-refractivity contribution < 1.29 is 18.7 Å². The smallest absolute Gasteiger partial charge is 0.309 e. The molecule has 1 aromatic rings. The summed E-state index contributed by atoms with van der Waals surface area (Å²) in [6.45, 7) is 3.21. The standard InChI is InChI=1S/C12H14F2O2/c1-12(2,11(15)16)6-5-8-3-4-9(13)10(14)7-8/h3-4,7H,5-6H2,1-2H3,(H,15,16). The van der Waals surface area contributed by atoms with Crippen LogP contribution in [-0.2, 0) is 11.2 Å². The molecule has 0 unspecified atom stereocenters. The third-order valence-corrected chi connectivity index (χ3v) is 2.60. The van der Waals surface area contributed by atoms with Gasteiger partial charge in [0.05, 0.1) is 5.41 Å². The van der Waals surface area contributed by atoms with Gasteiger partial charge in [0.1, 0.15) is 0 Å². The highest BCUT2D eigenvalue weighted by atomic mass is 19.2. The molecule has 0 aliphatic carbocycles. The molecule has 0 saturated heterocycles. The van der Waals surface area contributed by atoms with Crippen LogP contribution in [0.3, 0.4) is 0 Å². The first kappa shape index (κ1) is 12.6. The van der Waals surface area contributed by atoms with Gasteiger partial charge in [-0.3, -0.25) is 4.79 Å². The van der Waals surface area contributed by atoms with Crippen molar-refractivity contribution in [3.63, 3.8) is 0 Å². The molecule has 16 heavy (non-hydrogen) atoms. The van der Waals surface area contributed by atoms with E-state index in [9.17, 15) is 13.6 Å². The Morgan fingerprint density at radius 3 is 2.44 bits per heavy atom. The summed E-state index contributed by atoms with van der Waals surface area (Å²) in [5, 5.41) is 8.88. The predicted molar refractivity (Wildman–Crippen MR) is 56.1 cm³/mol. The molecular weight excluding hydrogens is 214 g/mol. The number of aliphatic carboxylic acids is 1. The third-order valence-electron chi connectivity index (χ3n) is 2.60. The van der Waals surface area contributed by atoms with Crippen LogP contribution in [0.1, 0.15) is 25.8 Å². The van der Waals surface area contributed by atoms with Gasteiger partial charge in [0.15, 0.2) is 11.6 Å². The maximum Gasteiger partial charge on any atom is 0.309 e. The SMILES string of the molecule is CC(C)(CCc1ccc(F)c(F)c1)C(=O)O. The number of carboxylic acids is 1. The van der Waals surface area contributed by atoms with Gasteiger partial charge in [-0.2, -0.15) is 0 Å². The van der Waals surface area contributed by atoms with Gasteiger partial charge < -0.3 is 5.11 Å². The second-order valence-electron chi connectivity index (χ2n) is 4.44. The van der Waals surface area contributed by atoms with Crippen molar-refractivity contribution in [3.05, 3.63) is 35.4 Å². The Morgan fingerprint density at radius 1 is 1.31 bits per heavy atom. The van der Waals surface area contributed by atoms with E-state index >= 15 is 0 Å². The summed E-state index contributed by atoms with van der Waals surface area (Å²) in [6.07, 6.45) is 0.796. The Balaban J connectivity index is 2.68. The van der Waals surface area contributed by atoms with Crippen LogP contribution in [0, 0.1) is 17.0 Å². The Bertz CT molecular complexity index is 400. The zero-order chi connectivity index (χ0) is 12.3. The van der Waals surface area contributed by atoms with Gasteiger partial charge in [-0.05, 0) is 44.4 Å². The largest absolute Gasteiger partial charge is 0.481 e. The second-order valence-corrected chi connectivity index (χ2v) is 4.44. The molecule has 0 atom stereocenters. The number of halogens is 2. The second kappa shape index (κ2) is 4.60. The highest BCUT2D eigenvalue weighted by Gasteiger charge is 2.26. The van der Waals surface area contributed by atoms with Crippen LogP contribution < -0.4 is 0 Å². The van der Waals surface area contributed by atoms with Gasteiger partial charge in [-0.1, -0.05) is 6.07 Å². The summed E-state index contributed by atoms with van der Waals surface area (Å²) in [6, 6.07) is 3.63. The van der Waals surface area contributed by atoms with Crippen LogP contribution in [-0.4, -0.2) is 11.1 Å². The van der Waals surface area contributed by atoms with Crippen LogP contribution >= 0.6 is 0 Å². The van der Waals surface area contributed by atoms with Crippen LogP contribution in [0.4, 0.5) is 8.78 Å². The number of carboxylic acid groups (broad SMARTS) is 1. The predicted octanol–water partition coefficient (Wildman–Crippen LogP) is 3.01. The maximum absolute atomic E-state index is 12.9. The van der Waals surface area contributed by atoms with E-state index in [0.29, 0.717) is 18.4 Å². The molecule has 88 valence electrons. The normalized spacial score (nSPS) is 11.5. The molecule has 4 heteroatoms. The number of hydrogen-bond acceptors (Lipinski definition) is 1. The summed E-state index contributed by atoms with van der Waals surface area (Å²) in [5.74, 6) is -2.68. The number of benzene rings is 1. The van der Waals surface area contributed by atoms with E-state index in [4.69, 9.17) is 5.11 Å². The zero-order valence-electron chi connectivity index (χ0n) is 9.26. The molecule has 0 aliphatic rings. The molecule has 0 bridgehead atoms. The first-order chi connectivity index (χ1) is 7.33. The van der Waals surface area contributed by atoms with Crippen molar-refractivity contribution in [3.8, 4) is 0 Å². The van der Waals surface area contributed by atoms with Gasteiger partial charge in [0.2, 0.25) is 0 Å². The third kappa shape index (κ3) is 3.02. The highest BCUT2D eigenvalue weighted by molar-refractivity contribution is 5.73. The molecule has 2 nitrogen and oxygen atoms in total. The molecule has 0 heterocycles. The molecule has 0 radical (unpaired) electrons. The van der Waals surface area contributed by atoms with E-state index in [1.807, 2.05) is 0 Å². The lowest BCUT2D eigenvalue weighted by Crippen LogP contribution is -2.24. The van der Waals surface area contributed by atoms with Crippen LogP contribution in [0.5, 0.6) is 0 Å². The fourth-order valence-corrected chi connectivity index (χ4v) is 1.26. The van der Waals surface area contributed by atoms with Gasteiger partial charge in [0.25, 0.3) is 0 Å². The van der Waals surface area contributed by atoms with E-state index < -0.39 is 23.0 Å². The quantitative estimate of drug-likeness (QED) is 0.860. The molecule has 0 aromatic heterocycles. The number of hydrogen-bond donors (Lipinski definition) is 1. The first-order valence-electron chi connectivity index (χ1n) is 5.00. The molecule has 1 N–H and O–H groups in total. The number of aryl methyl sites for hydroxylation is 1. The van der Waals surface area contributed by atoms with Crippen molar-refractivity contribution in [1.29, 1.82) is 0 Å². The van der Waals surface area contributed by atoms with Crippen LogP contribution in [0.25, 0.3) is 0 Å². The molecule has 0 saturated carbocycles. The summed E-state index contributed by atoms with van der Waals surface area (Å²) in [4.78, 5) is 10.8. The maximum atomic E-state index is 12.9. The summed E-state index contributed by atoms with van der Waals surface area (Å²) in [7, 11) is 0. The minimum atomic E-state index is -0.898. The molecule has 0 aliphatic heterocycles. The fourth-order valence-electron chi connectivity index (χ4n) is 1.26. The monoisotopic (exact) mass is 228 g/mol. The highest BCUT2D eigenvalue weighted by Crippen LogP contribution is 2.23. The van der Waals surface area contributed by atoms with Gasteiger partial charge in [-0.25, -0.2) is 8.78 Å². The Labute approximate surface area is 92.9 Å². The summed E-state index contributed by atoms with van der Waals surface area (Å²) in [5.41, 5.74) is -0.251. The Kier molecular flexibility index (Phi) is 3.62. The lowest BCUT2D eigenvalue weighted by atomic mass is 9.86. The number of carbonyl (C=O) groups is 1. The van der Waals surface area contributed by atoms with Crippen molar-refractivity contribution in [2.45, 2.75) is 26.7 Å². The summed E-state index contributed by atoms with van der Waals surface area (Å²) < 4.78 is 25.5. The van der Waals surface area contributed by atoms with E-state index in [1.54, 1.807) is 13.8 Å². The van der Waals surface area contributed by atoms with Gasteiger partial charge in [-0.15, -0.1) is 0 Å². The van der Waals surface area contributed by atoms with E-state index in [-0.39, 0.29) is 0 Å². The van der Waals surface area contributed by atoms with E-state index in [1.165, 1.54) is 6.07 Å². The van der Waals surface area contributed by atoms with Gasteiger partial charge in [0, 0.05) is 0 Å². The van der Waals surface area contributed by atoms with E-state index in [0.717, 1.165) is 12.1 Å². The molecular formula is C12H14F2O2. The lowest BCUT2D eigenvalue weighted by Gasteiger charge is -2.18. The Morgan fingerprint density at radius 2 is 1.94 bits per heavy atom. The van der Waals surface area contributed by atoms with Crippen molar-refractivity contribution >= 4 is 5.97 Å². The average molecular weight is 228 g/mol. The minimum Gasteiger partial charge on any atom is -0.481 e. The van der Waals surface area contributed by atoms with Crippen LogP contribution in [0.2, 0.25) is 0 Å². The average Bonchev–Trinajstić information content (AvgIpc) is 2.20. The van der Waals surface area contributed by atoms with Crippen molar-refractivity contribution in [1.82, 2.24) is 0 Å². The first-order valence-corrected chi connectivity index (χ1v) is 5.00. The van der Waals surface area contributed by atoms with Gasteiger partial charge >= 0.3 is 5.97 Å². The lowest BCUT2D eigenvalue weighted by molar-refractivity contribution is -0.147. The molecule has 0 spiro atoms. The molecule has 1 rings (SSSR count). The van der Waals surface area contributed by atoms with E-state index in [2.05, 4.69) is 0 Å². The minimum absolute atomic E-state index is 0.382.